The summed E-state index contributed by atoms with van der Waals surface area (Å²) in [4.78, 5) is 11.0. The van der Waals surface area contributed by atoms with Gasteiger partial charge < -0.3 is 19.7 Å². The summed E-state index contributed by atoms with van der Waals surface area (Å²) in [6, 6.07) is 6.18. The maximum absolute atomic E-state index is 5.44. The van der Waals surface area contributed by atoms with Gasteiger partial charge in [-0.05, 0) is 35.6 Å². The lowest BCUT2D eigenvalue weighted by atomic mass is 9.99. The molecule has 1 aromatic heterocycles. The number of nitrogens with one attached hydrogen (secondary N) is 1. The van der Waals surface area contributed by atoms with Crippen molar-refractivity contribution >= 4 is 11.6 Å². The quantitative estimate of drug-likeness (QED) is 0.870. The summed E-state index contributed by atoms with van der Waals surface area (Å²) < 4.78 is 10.8. The van der Waals surface area contributed by atoms with Gasteiger partial charge in [0.2, 0.25) is 0 Å². The van der Waals surface area contributed by atoms with E-state index in [9.17, 15) is 0 Å². The van der Waals surface area contributed by atoms with Gasteiger partial charge in [0.25, 0.3) is 0 Å². The molecule has 0 fully saturated rings. The number of nitrogens with zero attached hydrogens (tertiary/aromatic N) is 3. The zero-order valence-corrected chi connectivity index (χ0v) is 15.4. The van der Waals surface area contributed by atoms with Gasteiger partial charge >= 0.3 is 0 Å². The molecule has 2 heterocycles. The van der Waals surface area contributed by atoms with Crippen molar-refractivity contribution in [3.05, 3.63) is 35.7 Å². The van der Waals surface area contributed by atoms with Crippen LogP contribution in [-0.4, -0.2) is 37.3 Å². The molecular weight excluding hydrogens is 316 g/mol. The summed E-state index contributed by atoms with van der Waals surface area (Å²) in [5.41, 5.74) is 2.56. The summed E-state index contributed by atoms with van der Waals surface area (Å²) >= 11 is 0. The number of fused-ring (bicyclic) bond motifs is 1. The molecule has 2 aromatic rings. The van der Waals surface area contributed by atoms with Crippen LogP contribution in [0.2, 0.25) is 0 Å². The Morgan fingerprint density at radius 2 is 1.80 bits per heavy atom. The average molecular weight is 342 g/mol. The molecule has 1 aliphatic rings. The van der Waals surface area contributed by atoms with Crippen LogP contribution in [0.5, 0.6) is 11.5 Å². The van der Waals surface area contributed by atoms with E-state index in [0.29, 0.717) is 5.92 Å². The number of aromatic nitrogens is 2. The average Bonchev–Trinajstić information content (AvgIpc) is 2.65. The van der Waals surface area contributed by atoms with E-state index in [4.69, 9.17) is 9.47 Å². The minimum absolute atomic E-state index is 0.572. The van der Waals surface area contributed by atoms with Crippen LogP contribution in [0.1, 0.15) is 25.0 Å². The fourth-order valence-electron chi connectivity index (χ4n) is 3.00. The van der Waals surface area contributed by atoms with Crippen molar-refractivity contribution in [2.45, 2.75) is 26.8 Å². The van der Waals surface area contributed by atoms with Crippen LogP contribution in [0, 0.1) is 5.92 Å². The van der Waals surface area contributed by atoms with Crippen LogP contribution < -0.4 is 19.7 Å². The number of anilines is 2. The second-order valence-corrected chi connectivity index (χ2v) is 6.68. The summed E-state index contributed by atoms with van der Waals surface area (Å²) in [6.07, 6.45) is 2.58. The lowest BCUT2D eigenvalue weighted by Gasteiger charge is -2.30. The van der Waals surface area contributed by atoms with E-state index in [2.05, 4.69) is 46.2 Å². The van der Waals surface area contributed by atoms with Gasteiger partial charge in [0, 0.05) is 25.7 Å². The van der Waals surface area contributed by atoms with Gasteiger partial charge in [-0.2, -0.15) is 0 Å². The van der Waals surface area contributed by atoms with Crippen LogP contribution >= 0.6 is 0 Å². The Morgan fingerprint density at radius 1 is 1.08 bits per heavy atom. The third kappa shape index (κ3) is 3.95. The molecule has 0 unspecified atom stereocenters. The molecule has 0 spiro atoms. The normalized spacial score (nSPS) is 13.6. The second kappa shape index (κ2) is 7.59. The minimum Gasteiger partial charge on any atom is -0.493 e. The van der Waals surface area contributed by atoms with Crippen molar-refractivity contribution in [1.82, 2.24) is 9.97 Å². The van der Waals surface area contributed by atoms with E-state index in [1.165, 1.54) is 11.1 Å². The first-order valence-corrected chi connectivity index (χ1v) is 8.65. The third-order valence-electron chi connectivity index (χ3n) is 4.39. The lowest BCUT2D eigenvalue weighted by molar-refractivity contribution is 0.353. The number of rotatable bonds is 6. The Bertz CT molecular complexity index is 733. The van der Waals surface area contributed by atoms with E-state index in [1.807, 2.05) is 6.07 Å². The van der Waals surface area contributed by atoms with Crippen molar-refractivity contribution < 1.29 is 9.47 Å². The smallest absolute Gasteiger partial charge is 0.161 e. The molecule has 0 saturated carbocycles. The van der Waals surface area contributed by atoms with Crippen molar-refractivity contribution in [2.75, 3.05) is 37.5 Å². The highest BCUT2D eigenvalue weighted by atomic mass is 16.5. The van der Waals surface area contributed by atoms with Gasteiger partial charge in [-0.25, -0.2) is 9.97 Å². The molecule has 134 valence electrons. The largest absolute Gasteiger partial charge is 0.493 e. The van der Waals surface area contributed by atoms with Gasteiger partial charge in [0.15, 0.2) is 11.5 Å². The predicted octanol–water partition coefficient (Wildman–Crippen LogP) is 3.12. The van der Waals surface area contributed by atoms with Gasteiger partial charge in [0.1, 0.15) is 18.0 Å². The minimum atomic E-state index is 0.572. The summed E-state index contributed by atoms with van der Waals surface area (Å²) in [7, 11) is 3.34. The van der Waals surface area contributed by atoms with Crippen molar-refractivity contribution in [3.63, 3.8) is 0 Å². The molecule has 0 aliphatic carbocycles. The maximum Gasteiger partial charge on any atom is 0.161 e. The molecule has 1 aliphatic heterocycles. The standard InChI is InChI=1S/C19H26N4O2/c1-13(2)10-20-18-9-19(22-12-21-18)23-6-5-14-7-16(24-3)17(25-4)8-15(14)11-23/h7-9,12-13H,5-6,10-11H2,1-4H3,(H,20,21,22). The first kappa shape index (κ1) is 17.3. The zero-order valence-electron chi connectivity index (χ0n) is 15.4. The van der Waals surface area contributed by atoms with Crippen LogP contribution in [0.25, 0.3) is 0 Å². The number of ether oxygens (including phenoxy) is 2. The fourth-order valence-corrected chi connectivity index (χ4v) is 3.00. The van der Waals surface area contributed by atoms with Crippen LogP contribution in [-0.2, 0) is 13.0 Å². The SMILES string of the molecule is COc1cc2c(cc1OC)CN(c1cc(NCC(C)C)ncn1)CC2. The van der Waals surface area contributed by atoms with Crippen molar-refractivity contribution in [1.29, 1.82) is 0 Å². The second-order valence-electron chi connectivity index (χ2n) is 6.68. The summed E-state index contributed by atoms with van der Waals surface area (Å²) in [5, 5.41) is 3.36. The molecule has 0 radical (unpaired) electrons. The predicted molar refractivity (Wildman–Crippen MR) is 99.7 cm³/mol. The maximum atomic E-state index is 5.44. The number of benzene rings is 1. The summed E-state index contributed by atoms with van der Waals surface area (Å²) in [5.74, 6) is 3.95. The molecular formula is C19H26N4O2. The van der Waals surface area contributed by atoms with E-state index in [-0.39, 0.29) is 0 Å². The van der Waals surface area contributed by atoms with Crippen LogP contribution in [0.3, 0.4) is 0 Å². The summed E-state index contributed by atoms with van der Waals surface area (Å²) in [6.45, 7) is 6.98. The number of hydrogen-bond acceptors (Lipinski definition) is 6. The molecule has 1 aromatic carbocycles. The highest BCUT2D eigenvalue weighted by Crippen LogP contribution is 2.34. The molecule has 0 amide bonds. The van der Waals surface area contributed by atoms with Crippen LogP contribution in [0.4, 0.5) is 11.6 Å². The van der Waals surface area contributed by atoms with Crippen molar-refractivity contribution in [3.8, 4) is 11.5 Å². The van der Waals surface area contributed by atoms with Crippen molar-refractivity contribution in [2.24, 2.45) is 5.92 Å². The molecule has 6 heteroatoms. The Balaban J connectivity index is 1.79. The topological polar surface area (TPSA) is 59.5 Å². The molecule has 25 heavy (non-hydrogen) atoms. The highest BCUT2D eigenvalue weighted by Gasteiger charge is 2.20. The van der Waals surface area contributed by atoms with E-state index in [1.54, 1.807) is 20.5 Å². The van der Waals surface area contributed by atoms with E-state index < -0.39 is 0 Å². The Kier molecular flexibility index (Phi) is 5.26. The lowest BCUT2D eigenvalue weighted by Crippen LogP contribution is -2.31. The van der Waals surface area contributed by atoms with E-state index >= 15 is 0 Å². The van der Waals surface area contributed by atoms with Gasteiger partial charge in [-0.3, -0.25) is 0 Å². The Hall–Kier alpha value is -2.50. The molecule has 0 atom stereocenters. The number of hydrogen-bond donors (Lipinski definition) is 1. The molecule has 3 rings (SSSR count). The molecule has 0 saturated heterocycles. The first-order chi connectivity index (χ1) is 12.1. The van der Waals surface area contributed by atoms with E-state index in [0.717, 1.165) is 49.2 Å². The third-order valence-corrected chi connectivity index (χ3v) is 4.39. The zero-order chi connectivity index (χ0) is 17.8. The Labute approximate surface area is 149 Å². The monoisotopic (exact) mass is 342 g/mol. The number of methoxy groups -OCH3 is 2. The van der Waals surface area contributed by atoms with Gasteiger partial charge in [-0.1, -0.05) is 13.8 Å². The first-order valence-electron chi connectivity index (χ1n) is 8.65. The van der Waals surface area contributed by atoms with Gasteiger partial charge in [0.05, 0.1) is 14.2 Å². The molecule has 1 N–H and O–H groups in total. The van der Waals surface area contributed by atoms with Crippen LogP contribution in [0.15, 0.2) is 24.5 Å². The highest BCUT2D eigenvalue weighted by molar-refractivity contribution is 5.54. The fraction of sp³-hybridized carbons (Fsp3) is 0.474. The Morgan fingerprint density at radius 3 is 2.48 bits per heavy atom. The van der Waals surface area contributed by atoms with Gasteiger partial charge in [-0.15, -0.1) is 0 Å². The molecule has 0 bridgehead atoms. The molecule has 6 nitrogen and oxygen atoms in total.